The number of hydrogen-bond donors (Lipinski definition) is 1. The molecule has 114 valence electrons. The molecule has 0 spiro atoms. The van der Waals surface area contributed by atoms with Crippen LogP contribution in [0.4, 0.5) is 0 Å². The van der Waals surface area contributed by atoms with Gasteiger partial charge in [0.25, 0.3) is 5.91 Å². The number of ether oxygens (including phenoxy) is 1. The number of methoxy groups -OCH3 is 1. The summed E-state index contributed by atoms with van der Waals surface area (Å²) in [4.78, 5) is 11.9. The van der Waals surface area contributed by atoms with Gasteiger partial charge in [0.2, 0.25) is 0 Å². The summed E-state index contributed by atoms with van der Waals surface area (Å²) in [6.45, 7) is 0. The van der Waals surface area contributed by atoms with Gasteiger partial charge in [0.05, 0.1) is 32.9 Å². The fourth-order valence-electron chi connectivity index (χ4n) is 1.72. The minimum atomic E-state index is -0.367. The van der Waals surface area contributed by atoms with Crippen LogP contribution in [0, 0.1) is 0 Å². The molecule has 0 aliphatic heterocycles. The first-order valence-electron chi connectivity index (χ1n) is 6.14. The second-order valence-electron chi connectivity index (χ2n) is 4.20. The lowest BCUT2D eigenvalue weighted by molar-refractivity contribution is 0.0955. The predicted molar refractivity (Wildman–Crippen MR) is 94.9 cm³/mol. The lowest BCUT2D eigenvalue weighted by Crippen LogP contribution is -2.17. The minimum absolute atomic E-state index is 0.367. The molecule has 2 aromatic rings. The van der Waals surface area contributed by atoms with Crippen LogP contribution >= 0.6 is 43.5 Å². The van der Waals surface area contributed by atoms with Crippen LogP contribution in [-0.2, 0) is 0 Å². The highest BCUT2D eigenvalue weighted by molar-refractivity contribution is 9.11. The van der Waals surface area contributed by atoms with E-state index in [-0.39, 0.29) is 5.91 Å². The molecule has 0 radical (unpaired) electrons. The molecule has 0 aliphatic carbocycles. The molecule has 0 saturated heterocycles. The maximum Gasteiger partial charge on any atom is 0.272 e. The molecule has 1 N–H and O–H groups in total. The lowest BCUT2D eigenvalue weighted by Gasteiger charge is -2.07. The fourth-order valence-corrected chi connectivity index (χ4v) is 3.49. The van der Waals surface area contributed by atoms with Crippen molar-refractivity contribution in [2.24, 2.45) is 5.10 Å². The summed E-state index contributed by atoms with van der Waals surface area (Å²) in [5.74, 6) is 0.325. The molecule has 4 nitrogen and oxygen atoms in total. The van der Waals surface area contributed by atoms with Crippen LogP contribution in [0.1, 0.15) is 15.9 Å². The van der Waals surface area contributed by atoms with E-state index in [0.29, 0.717) is 16.3 Å². The van der Waals surface area contributed by atoms with E-state index in [1.54, 1.807) is 31.4 Å². The predicted octanol–water partition coefficient (Wildman–Crippen LogP) is 4.64. The number of nitrogens with one attached hydrogen (secondary N) is 1. The van der Waals surface area contributed by atoms with Crippen LogP contribution < -0.4 is 10.2 Å². The molecule has 0 heterocycles. The number of carbonyl (C=O) groups excluding carboxylic acids is 1. The van der Waals surface area contributed by atoms with E-state index in [1.807, 2.05) is 12.1 Å². The molecular weight excluding hydrogens is 435 g/mol. The second-order valence-corrected chi connectivity index (χ2v) is 6.31. The van der Waals surface area contributed by atoms with Crippen molar-refractivity contribution in [3.8, 4) is 5.75 Å². The summed E-state index contributed by atoms with van der Waals surface area (Å²) in [6, 6.07) is 10.4. The van der Waals surface area contributed by atoms with E-state index in [2.05, 4.69) is 42.4 Å². The third kappa shape index (κ3) is 4.09. The van der Waals surface area contributed by atoms with Crippen molar-refractivity contribution in [1.29, 1.82) is 0 Å². The Kier molecular flexibility index (Phi) is 5.99. The number of benzene rings is 2. The first kappa shape index (κ1) is 17.0. The Bertz CT molecular complexity index is 712. The Morgan fingerprint density at radius 1 is 1.27 bits per heavy atom. The van der Waals surface area contributed by atoms with Crippen LogP contribution in [0.15, 0.2) is 50.4 Å². The molecule has 0 atom stereocenters. The molecule has 0 aliphatic rings. The number of hydrazone groups is 1. The van der Waals surface area contributed by atoms with Gasteiger partial charge in [-0.15, -0.1) is 0 Å². The first-order valence-corrected chi connectivity index (χ1v) is 8.10. The van der Waals surface area contributed by atoms with Crippen LogP contribution in [0.3, 0.4) is 0 Å². The standard InChI is InChI=1S/C15H11Br2ClN2O2/c1-22-14-11(16)6-9(7-12(14)17)8-19-20-15(21)10-4-2-3-5-13(10)18/h2-8H,1H3,(H,20,21)/b19-8-. The van der Waals surface area contributed by atoms with E-state index in [1.165, 1.54) is 6.21 Å². The second kappa shape index (κ2) is 7.76. The minimum Gasteiger partial charge on any atom is -0.494 e. The number of amides is 1. The van der Waals surface area contributed by atoms with E-state index in [0.717, 1.165) is 14.5 Å². The number of hydrogen-bond acceptors (Lipinski definition) is 3. The molecule has 0 aromatic heterocycles. The highest BCUT2D eigenvalue weighted by Gasteiger charge is 2.09. The molecule has 22 heavy (non-hydrogen) atoms. The van der Waals surface area contributed by atoms with Crippen LogP contribution in [0.5, 0.6) is 5.75 Å². The Morgan fingerprint density at radius 3 is 2.50 bits per heavy atom. The molecular formula is C15H11Br2ClN2O2. The quantitative estimate of drug-likeness (QED) is 0.550. The average Bonchev–Trinajstić information content (AvgIpc) is 2.47. The number of nitrogens with zero attached hydrogens (tertiary/aromatic N) is 1. The van der Waals surface area contributed by atoms with Gasteiger partial charge in [0.15, 0.2) is 0 Å². The topological polar surface area (TPSA) is 50.7 Å². The van der Waals surface area contributed by atoms with Gasteiger partial charge < -0.3 is 4.74 Å². The zero-order chi connectivity index (χ0) is 16.1. The van der Waals surface area contributed by atoms with E-state index < -0.39 is 0 Å². The number of carbonyl (C=O) groups is 1. The lowest BCUT2D eigenvalue weighted by atomic mass is 10.2. The van der Waals surface area contributed by atoms with Crippen molar-refractivity contribution in [3.05, 3.63) is 61.5 Å². The maximum absolute atomic E-state index is 11.9. The molecule has 2 aromatic carbocycles. The molecule has 0 saturated carbocycles. The van der Waals surface area contributed by atoms with Crippen molar-refractivity contribution < 1.29 is 9.53 Å². The summed E-state index contributed by atoms with van der Waals surface area (Å²) >= 11 is 12.8. The third-order valence-electron chi connectivity index (χ3n) is 2.72. The Labute approximate surface area is 149 Å². The van der Waals surface area contributed by atoms with E-state index in [9.17, 15) is 4.79 Å². The SMILES string of the molecule is COc1c(Br)cc(/C=N\NC(=O)c2ccccc2Cl)cc1Br. The van der Waals surface area contributed by atoms with Crippen molar-refractivity contribution in [1.82, 2.24) is 5.43 Å². The molecule has 0 bridgehead atoms. The van der Waals surface area contributed by atoms with Crippen molar-refractivity contribution >= 4 is 55.6 Å². The summed E-state index contributed by atoms with van der Waals surface area (Å²) < 4.78 is 6.78. The van der Waals surface area contributed by atoms with Crippen LogP contribution in [-0.4, -0.2) is 19.2 Å². The summed E-state index contributed by atoms with van der Waals surface area (Å²) in [5.41, 5.74) is 3.60. The van der Waals surface area contributed by atoms with Crippen molar-refractivity contribution in [2.75, 3.05) is 7.11 Å². The monoisotopic (exact) mass is 444 g/mol. The van der Waals surface area contributed by atoms with E-state index >= 15 is 0 Å². The van der Waals surface area contributed by atoms with Gasteiger partial charge in [-0.2, -0.15) is 5.10 Å². The van der Waals surface area contributed by atoms with Crippen LogP contribution in [0.25, 0.3) is 0 Å². The Morgan fingerprint density at radius 2 is 1.91 bits per heavy atom. The van der Waals surface area contributed by atoms with Gasteiger partial charge in [-0.05, 0) is 61.7 Å². The highest BCUT2D eigenvalue weighted by atomic mass is 79.9. The van der Waals surface area contributed by atoms with Crippen molar-refractivity contribution in [3.63, 3.8) is 0 Å². The largest absolute Gasteiger partial charge is 0.494 e. The summed E-state index contributed by atoms with van der Waals surface area (Å²) in [5, 5.41) is 4.31. The smallest absolute Gasteiger partial charge is 0.272 e. The van der Waals surface area contributed by atoms with Gasteiger partial charge in [0.1, 0.15) is 5.75 Å². The molecule has 0 unspecified atom stereocenters. The van der Waals surface area contributed by atoms with Crippen LogP contribution in [0.2, 0.25) is 5.02 Å². The van der Waals surface area contributed by atoms with Crippen molar-refractivity contribution in [2.45, 2.75) is 0 Å². The van der Waals surface area contributed by atoms with Gasteiger partial charge in [-0.3, -0.25) is 4.79 Å². The fraction of sp³-hybridized carbons (Fsp3) is 0.0667. The summed E-state index contributed by atoms with van der Waals surface area (Å²) in [7, 11) is 1.59. The van der Waals surface area contributed by atoms with E-state index in [4.69, 9.17) is 16.3 Å². The number of rotatable bonds is 4. The van der Waals surface area contributed by atoms with Gasteiger partial charge in [0, 0.05) is 0 Å². The number of halogens is 3. The molecule has 0 fully saturated rings. The molecule has 2 rings (SSSR count). The first-order chi connectivity index (χ1) is 10.5. The zero-order valence-corrected chi connectivity index (χ0v) is 15.4. The normalized spacial score (nSPS) is 10.7. The highest BCUT2D eigenvalue weighted by Crippen LogP contribution is 2.33. The van der Waals surface area contributed by atoms with Gasteiger partial charge in [-0.25, -0.2) is 5.43 Å². The van der Waals surface area contributed by atoms with Gasteiger partial charge in [-0.1, -0.05) is 23.7 Å². The Balaban J connectivity index is 2.10. The summed E-state index contributed by atoms with van der Waals surface area (Å²) in [6.07, 6.45) is 1.53. The maximum atomic E-state index is 11.9. The third-order valence-corrected chi connectivity index (χ3v) is 4.23. The zero-order valence-electron chi connectivity index (χ0n) is 11.4. The molecule has 7 heteroatoms. The van der Waals surface area contributed by atoms with Gasteiger partial charge >= 0.3 is 0 Å². The Hall–Kier alpha value is -1.37. The average molecular weight is 447 g/mol. The molecule has 1 amide bonds.